The molecule has 1 unspecified atom stereocenters. The Morgan fingerprint density at radius 1 is 1.11 bits per heavy atom. The number of fused-ring (bicyclic) bond motifs is 2. The summed E-state index contributed by atoms with van der Waals surface area (Å²) in [5.41, 5.74) is 4.28. The first-order valence-electron chi connectivity index (χ1n) is 6.82. The monoisotopic (exact) mass is 334 g/mol. The van der Waals surface area contributed by atoms with Crippen molar-refractivity contribution in [3.63, 3.8) is 0 Å². The molecule has 2 heterocycles. The Kier molecular flexibility index (Phi) is 2.92. The van der Waals surface area contributed by atoms with E-state index in [0.717, 1.165) is 18.8 Å². The lowest BCUT2D eigenvalue weighted by Crippen LogP contribution is -1.91. The van der Waals surface area contributed by atoms with Gasteiger partial charge in [0, 0.05) is 16.2 Å². The predicted molar refractivity (Wildman–Crippen MR) is 82.8 cm³/mol. The molecule has 0 spiro atoms. The van der Waals surface area contributed by atoms with Crippen molar-refractivity contribution < 1.29 is 4.74 Å². The van der Waals surface area contributed by atoms with Gasteiger partial charge in [0.1, 0.15) is 5.75 Å². The second-order valence-electron chi connectivity index (χ2n) is 5.28. The van der Waals surface area contributed by atoms with E-state index >= 15 is 0 Å². The van der Waals surface area contributed by atoms with E-state index in [4.69, 9.17) is 4.74 Å². The van der Waals surface area contributed by atoms with Crippen molar-refractivity contribution in [3.05, 3.63) is 50.7 Å². The number of rotatable bonds is 2. The predicted octanol–water partition coefficient (Wildman–Crippen LogP) is 4.66. The Hall–Kier alpha value is -0.800. The van der Waals surface area contributed by atoms with E-state index in [9.17, 15) is 0 Å². The molecule has 1 aromatic carbocycles. The molecule has 0 saturated heterocycles. The summed E-state index contributed by atoms with van der Waals surface area (Å²) in [5.74, 6) is 1.07. The van der Waals surface area contributed by atoms with Gasteiger partial charge in [-0.25, -0.2) is 0 Å². The Morgan fingerprint density at radius 3 is 2.95 bits per heavy atom. The normalized spacial score (nSPS) is 17.9. The minimum absolute atomic E-state index is 0.328. The molecule has 4 rings (SSSR count). The molecule has 0 radical (unpaired) electrons. The second-order valence-corrected chi connectivity index (χ2v) is 7.36. The van der Waals surface area contributed by atoms with Crippen molar-refractivity contribution in [2.75, 3.05) is 6.61 Å². The highest BCUT2D eigenvalue weighted by Gasteiger charge is 2.21. The summed E-state index contributed by atoms with van der Waals surface area (Å²) in [6.45, 7) is 0.832. The third-order valence-electron chi connectivity index (χ3n) is 4.02. The zero-order chi connectivity index (χ0) is 12.8. The fourth-order valence-electron chi connectivity index (χ4n) is 3.01. The van der Waals surface area contributed by atoms with Gasteiger partial charge in [0.15, 0.2) is 0 Å². The molecule has 1 atom stereocenters. The van der Waals surface area contributed by atoms with Gasteiger partial charge in [0.05, 0.1) is 11.4 Å². The van der Waals surface area contributed by atoms with Crippen LogP contribution in [0, 0.1) is 0 Å². The van der Waals surface area contributed by atoms with Gasteiger partial charge in [-0.2, -0.15) is 0 Å². The van der Waals surface area contributed by atoms with Crippen LogP contribution in [0.1, 0.15) is 37.7 Å². The quantitative estimate of drug-likeness (QED) is 0.726. The fourth-order valence-corrected chi connectivity index (χ4v) is 4.97. The molecular weight excluding hydrogens is 320 g/mol. The first-order chi connectivity index (χ1) is 9.31. The minimum atomic E-state index is 0.328. The summed E-state index contributed by atoms with van der Waals surface area (Å²) in [5, 5.41) is 0. The lowest BCUT2D eigenvalue weighted by molar-refractivity contribution is 0.357. The van der Waals surface area contributed by atoms with Crippen LogP contribution < -0.4 is 4.74 Å². The molecular formula is C16H15BrOS. The van der Waals surface area contributed by atoms with Gasteiger partial charge in [-0.05, 0) is 48.1 Å². The van der Waals surface area contributed by atoms with Crippen LogP contribution in [0.15, 0.2) is 24.3 Å². The van der Waals surface area contributed by atoms with Crippen molar-refractivity contribution in [3.8, 4) is 5.75 Å². The standard InChI is InChI=1S/C16H15BrOS/c17-16(15-9-11-2-1-3-14(11)19-15)12-4-5-13-10(8-12)6-7-18-13/h4-5,8-9,16H,1-3,6-7H2. The molecule has 0 N–H and O–H groups in total. The van der Waals surface area contributed by atoms with E-state index in [0.29, 0.717) is 4.83 Å². The largest absolute Gasteiger partial charge is 0.493 e. The van der Waals surface area contributed by atoms with Crippen molar-refractivity contribution in [1.82, 2.24) is 0 Å². The third kappa shape index (κ3) is 2.03. The van der Waals surface area contributed by atoms with Gasteiger partial charge in [-0.1, -0.05) is 28.1 Å². The maximum Gasteiger partial charge on any atom is 0.122 e. The van der Waals surface area contributed by atoms with Crippen LogP contribution in [0.5, 0.6) is 5.75 Å². The summed E-state index contributed by atoms with van der Waals surface area (Å²) in [6, 6.07) is 9.00. The van der Waals surface area contributed by atoms with Crippen LogP contribution >= 0.6 is 27.3 Å². The van der Waals surface area contributed by atoms with Gasteiger partial charge in [0.25, 0.3) is 0 Å². The topological polar surface area (TPSA) is 9.23 Å². The second kappa shape index (κ2) is 4.64. The number of ether oxygens (including phenoxy) is 1. The SMILES string of the molecule is BrC(c1ccc2c(c1)CCO2)c1cc2c(s1)CCC2. The van der Waals surface area contributed by atoms with Crippen LogP contribution in [-0.2, 0) is 19.3 Å². The Balaban J connectivity index is 1.67. The van der Waals surface area contributed by atoms with Crippen molar-refractivity contribution in [2.45, 2.75) is 30.5 Å². The first-order valence-corrected chi connectivity index (χ1v) is 8.55. The van der Waals surface area contributed by atoms with Crippen LogP contribution in [0.4, 0.5) is 0 Å². The number of halogens is 1. The molecule has 98 valence electrons. The highest BCUT2D eigenvalue weighted by molar-refractivity contribution is 9.09. The molecule has 0 fully saturated rings. The van der Waals surface area contributed by atoms with E-state index in [1.165, 1.54) is 35.3 Å². The molecule has 1 aliphatic carbocycles. The Bertz CT molecular complexity index is 610. The summed E-state index contributed by atoms with van der Waals surface area (Å²) in [4.78, 5) is 3.38. The number of hydrogen-bond acceptors (Lipinski definition) is 2. The van der Waals surface area contributed by atoms with Gasteiger partial charge in [-0.3, -0.25) is 0 Å². The van der Waals surface area contributed by atoms with Crippen LogP contribution in [-0.4, -0.2) is 6.61 Å². The highest BCUT2D eigenvalue weighted by atomic mass is 79.9. The molecule has 0 bridgehead atoms. The van der Waals surface area contributed by atoms with E-state index in [-0.39, 0.29) is 0 Å². The summed E-state index contributed by atoms with van der Waals surface area (Å²) >= 11 is 5.85. The summed E-state index contributed by atoms with van der Waals surface area (Å²) in [7, 11) is 0. The molecule has 19 heavy (non-hydrogen) atoms. The average Bonchev–Trinajstić information content (AvgIpc) is 3.11. The lowest BCUT2D eigenvalue weighted by Gasteiger charge is -2.10. The Morgan fingerprint density at radius 2 is 2.05 bits per heavy atom. The minimum Gasteiger partial charge on any atom is -0.493 e. The van der Waals surface area contributed by atoms with Crippen LogP contribution in [0.3, 0.4) is 0 Å². The van der Waals surface area contributed by atoms with Crippen LogP contribution in [0.2, 0.25) is 0 Å². The first kappa shape index (κ1) is 12.0. The van der Waals surface area contributed by atoms with Gasteiger partial charge < -0.3 is 4.74 Å². The fraction of sp³-hybridized carbons (Fsp3) is 0.375. The molecule has 2 aromatic rings. The molecule has 2 aliphatic rings. The molecule has 0 saturated carbocycles. The van der Waals surface area contributed by atoms with Crippen molar-refractivity contribution >= 4 is 27.3 Å². The van der Waals surface area contributed by atoms with E-state index in [1.54, 1.807) is 10.4 Å². The van der Waals surface area contributed by atoms with Gasteiger partial charge in [0.2, 0.25) is 0 Å². The molecule has 0 amide bonds. The average molecular weight is 335 g/mol. The maximum atomic E-state index is 5.58. The van der Waals surface area contributed by atoms with Gasteiger partial charge in [-0.15, -0.1) is 11.3 Å². The summed E-state index contributed by atoms with van der Waals surface area (Å²) in [6.07, 6.45) is 4.93. The molecule has 1 aromatic heterocycles. The Labute approximate surface area is 125 Å². The molecule has 1 aliphatic heterocycles. The van der Waals surface area contributed by atoms with E-state index < -0.39 is 0 Å². The zero-order valence-corrected chi connectivity index (χ0v) is 13.0. The smallest absolute Gasteiger partial charge is 0.122 e. The lowest BCUT2D eigenvalue weighted by atomic mass is 10.1. The molecule has 3 heteroatoms. The number of benzene rings is 1. The zero-order valence-electron chi connectivity index (χ0n) is 10.6. The van der Waals surface area contributed by atoms with Gasteiger partial charge >= 0.3 is 0 Å². The van der Waals surface area contributed by atoms with Crippen molar-refractivity contribution in [2.24, 2.45) is 0 Å². The maximum absolute atomic E-state index is 5.58. The van der Waals surface area contributed by atoms with Crippen molar-refractivity contribution in [1.29, 1.82) is 0 Å². The third-order valence-corrected chi connectivity index (χ3v) is 6.65. The summed E-state index contributed by atoms with van der Waals surface area (Å²) < 4.78 is 5.58. The number of aryl methyl sites for hydroxylation is 2. The van der Waals surface area contributed by atoms with E-state index in [1.807, 2.05) is 11.3 Å². The highest BCUT2D eigenvalue weighted by Crippen LogP contribution is 2.41. The number of hydrogen-bond donors (Lipinski definition) is 0. The number of thiophene rings is 1. The number of alkyl halides is 1. The van der Waals surface area contributed by atoms with Crippen LogP contribution in [0.25, 0.3) is 0 Å². The molecule has 1 nitrogen and oxygen atoms in total. The van der Waals surface area contributed by atoms with E-state index in [2.05, 4.69) is 40.2 Å².